The number of aromatic nitrogens is 3. The molecule has 2 aromatic heterocycles. The van der Waals surface area contributed by atoms with Gasteiger partial charge in [0.05, 0.1) is 5.52 Å². The normalized spacial score (nSPS) is 10.7. The van der Waals surface area contributed by atoms with E-state index in [4.69, 9.17) is 0 Å². The number of fused-ring (bicyclic) bond motifs is 1. The van der Waals surface area contributed by atoms with Gasteiger partial charge in [-0.15, -0.1) is 0 Å². The van der Waals surface area contributed by atoms with Crippen LogP contribution in [0.15, 0.2) is 35.1 Å². The van der Waals surface area contributed by atoms with Crippen LogP contribution < -0.4 is 16.3 Å². The zero-order valence-corrected chi connectivity index (χ0v) is 14.5. The predicted octanol–water partition coefficient (Wildman–Crippen LogP) is 2.23. The molecule has 8 nitrogen and oxygen atoms in total. The number of pyridine rings is 1. The minimum Gasteiger partial charge on any atom is -0.326 e. The second kappa shape index (κ2) is 7.22. The second-order valence-corrected chi connectivity index (χ2v) is 6.02. The SMILES string of the molecule is Cc1cccc(NC(=O)CCC(=O)Nc2ccc3[nH]c(=O)[nH]c3n2)c1C. The Bertz CT molecular complexity index is 1030. The number of benzene rings is 1. The minimum atomic E-state index is -0.362. The lowest BCUT2D eigenvalue weighted by Gasteiger charge is -2.10. The number of amides is 2. The van der Waals surface area contributed by atoms with E-state index in [1.165, 1.54) is 0 Å². The number of nitrogens with zero attached hydrogens (tertiary/aromatic N) is 1. The number of hydrogen-bond acceptors (Lipinski definition) is 4. The Labute approximate surface area is 149 Å². The van der Waals surface area contributed by atoms with Crippen LogP contribution in [-0.2, 0) is 9.59 Å². The highest BCUT2D eigenvalue weighted by Crippen LogP contribution is 2.18. The number of anilines is 2. The maximum atomic E-state index is 12.1. The molecule has 0 aliphatic carbocycles. The first-order valence-electron chi connectivity index (χ1n) is 8.17. The van der Waals surface area contributed by atoms with Gasteiger partial charge in [0.1, 0.15) is 5.82 Å². The molecule has 0 saturated heterocycles. The lowest BCUT2D eigenvalue weighted by atomic mass is 10.1. The van der Waals surface area contributed by atoms with Crippen LogP contribution in [0.1, 0.15) is 24.0 Å². The molecular formula is C18H19N5O3. The van der Waals surface area contributed by atoms with Crippen molar-refractivity contribution in [1.82, 2.24) is 15.0 Å². The van der Waals surface area contributed by atoms with Crippen LogP contribution >= 0.6 is 0 Å². The van der Waals surface area contributed by atoms with Crippen molar-refractivity contribution in [3.8, 4) is 0 Å². The molecule has 0 saturated carbocycles. The Kier molecular flexibility index (Phi) is 4.83. The van der Waals surface area contributed by atoms with E-state index in [2.05, 4.69) is 25.6 Å². The van der Waals surface area contributed by atoms with Gasteiger partial charge in [-0.3, -0.25) is 14.6 Å². The van der Waals surface area contributed by atoms with E-state index in [9.17, 15) is 14.4 Å². The monoisotopic (exact) mass is 353 g/mol. The topological polar surface area (TPSA) is 120 Å². The third-order valence-electron chi connectivity index (χ3n) is 4.10. The second-order valence-electron chi connectivity index (χ2n) is 6.02. The van der Waals surface area contributed by atoms with E-state index in [1.807, 2.05) is 32.0 Å². The first-order valence-corrected chi connectivity index (χ1v) is 8.17. The highest BCUT2D eigenvalue weighted by Gasteiger charge is 2.10. The number of hydrogen-bond donors (Lipinski definition) is 4. The van der Waals surface area contributed by atoms with E-state index in [0.717, 1.165) is 16.8 Å². The van der Waals surface area contributed by atoms with E-state index >= 15 is 0 Å². The molecular weight excluding hydrogens is 334 g/mol. The van der Waals surface area contributed by atoms with Crippen molar-refractivity contribution < 1.29 is 9.59 Å². The van der Waals surface area contributed by atoms with Gasteiger partial charge in [0.25, 0.3) is 0 Å². The van der Waals surface area contributed by atoms with Crippen LogP contribution in [-0.4, -0.2) is 26.8 Å². The number of carbonyl (C=O) groups is 2. The van der Waals surface area contributed by atoms with Crippen LogP contribution in [0.5, 0.6) is 0 Å². The minimum absolute atomic E-state index is 0.0278. The number of rotatable bonds is 5. The summed E-state index contributed by atoms with van der Waals surface area (Å²) in [5, 5.41) is 5.44. The Morgan fingerprint density at radius 3 is 2.50 bits per heavy atom. The highest BCUT2D eigenvalue weighted by atomic mass is 16.2. The number of carbonyl (C=O) groups excluding carboxylic acids is 2. The molecule has 0 aliphatic heterocycles. The van der Waals surface area contributed by atoms with Gasteiger partial charge < -0.3 is 15.6 Å². The first kappa shape index (κ1) is 17.4. The number of nitrogens with one attached hydrogen (secondary N) is 4. The van der Waals surface area contributed by atoms with E-state index in [1.54, 1.807) is 12.1 Å². The zero-order valence-electron chi connectivity index (χ0n) is 14.5. The van der Waals surface area contributed by atoms with Crippen molar-refractivity contribution in [1.29, 1.82) is 0 Å². The molecule has 0 bridgehead atoms. The van der Waals surface area contributed by atoms with E-state index < -0.39 is 0 Å². The Morgan fingerprint density at radius 2 is 1.73 bits per heavy atom. The van der Waals surface area contributed by atoms with Gasteiger partial charge in [0, 0.05) is 18.5 Å². The number of H-pyrrole nitrogens is 2. The fourth-order valence-electron chi connectivity index (χ4n) is 2.52. The van der Waals surface area contributed by atoms with Crippen molar-refractivity contribution in [3.05, 3.63) is 51.9 Å². The van der Waals surface area contributed by atoms with Crippen molar-refractivity contribution in [2.24, 2.45) is 0 Å². The lowest BCUT2D eigenvalue weighted by Crippen LogP contribution is -2.18. The molecule has 0 aliphatic rings. The number of aromatic amines is 2. The molecule has 0 unspecified atom stereocenters. The summed E-state index contributed by atoms with van der Waals surface area (Å²) in [7, 11) is 0. The third-order valence-corrected chi connectivity index (χ3v) is 4.10. The summed E-state index contributed by atoms with van der Waals surface area (Å²) >= 11 is 0. The van der Waals surface area contributed by atoms with Gasteiger partial charge in [-0.05, 0) is 43.2 Å². The zero-order chi connectivity index (χ0) is 18.7. The van der Waals surface area contributed by atoms with Crippen molar-refractivity contribution in [2.45, 2.75) is 26.7 Å². The van der Waals surface area contributed by atoms with Gasteiger partial charge >= 0.3 is 5.69 Å². The Morgan fingerprint density at radius 1 is 1.00 bits per heavy atom. The molecule has 2 heterocycles. The van der Waals surface area contributed by atoms with Crippen molar-refractivity contribution in [2.75, 3.05) is 10.6 Å². The quantitative estimate of drug-likeness (QED) is 0.562. The van der Waals surface area contributed by atoms with Crippen LogP contribution in [0.4, 0.5) is 11.5 Å². The standard InChI is InChI=1S/C18H19N5O3/c1-10-4-3-5-12(11(10)2)19-15(24)8-9-16(25)21-14-7-6-13-17(22-14)23-18(26)20-13/h3-7H,8-9H2,1-2H3,(H,19,24)(H3,20,21,22,23,25,26). The first-order chi connectivity index (χ1) is 12.4. The Balaban J connectivity index is 1.55. The molecule has 0 radical (unpaired) electrons. The van der Waals surface area contributed by atoms with Crippen LogP contribution in [0.2, 0.25) is 0 Å². The number of aryl methyl sites for hydroxylation is 1. The maximum absolute atomic E-state index is 12.1. The van der Waals surface area contributed by atoms with Crippen LogP contribution in [0.25, 0.3) is 11.2 Å². The van der Waals surface area contributed by atoms with Gasteiger partial charge in [-0.2, -0.15) is 0 Å². The van der Waals surface area contributed by atoms with Crippen molar-refractivity contribution >= 4 is 34.5 Å². The summed E-state index contributed by atoms with van der Waals surface area (Å²) in [5.74, 6) is -0.245. The maximum Gasteiger partial charge on any atom is 0.325 e. The average Bonchev–Trinajstić information content (AvgIpc) is 2.96. The van der Waals surface area contributed by atoms with Crippen LogP contribution in [0, 0.1) is 13.8 Å². The molecule has 3 rings (SSSR count). The highest BCUT2D eigenvalue weighted by molar-refractivity contribution is 5.97. The van der Waals surface area contributed by atoms with E-state index in [0.29, 0.717) is 17.0 Å². The summed E-state index contributed by atoms with van der Waals surface area (Å²) in [6, 6.07) is 8.90. The fourth-order valence-corrected chi connectivity index (χ4v) is 2.52. The number of imidazole rings is 1. The Hall–Kier alpha value is -3.42. The van der Waals surface area contributed by atoms with Gasteiger partial charge in [0.2, 0.25) is 11.8 Å². The van der Waals surface area contributed by atoms with Gasteiger partial charge in [0.15, 0.2) is 5.65 Å². The lowest BCUT2D eigenvalue weighted by molar-refractivity contribution is -0.121. The molecule has 0 spiro atoms. The molecule has 4 N–H and O–H groups in total. The summed E-state index contributed by atoms with van der Waals surface area (Å²) in [5.41, 5.74) is 3.40. The molecule has 0 atom stereocenters. The fraction of sp³-hybridized carbons (Fsp3) is 0.222. The molecule has 26 heavy (non-hydrogen) atoms. The predicted molar refractivity (Wildman–Crippen MR) is 99.1 cm³/mol. The third kappa shape index (κ3) is 3.97. The summed E-state index contributed by atoms with van der Waals surface area (Å²) in [4.78, 5) is 44.5. The molecule has 1 aromatic carbocycles. The molecule has 134 valence electrons. The molecule has 2 amide bonds. The smallest absolute Gasteiger partial charge is 0.325 e. The summed E-state index contributed by atoms with van der Waals surface area (Å²) < 4.78 is 0. The van der Waals surface area contributed by atoms with Gasteiger partial charge in [-0.1, -0.05) is 12.1 Å². The molecule has 0 fully saturated rings. The average molecular weight is 353 g/mol. The molecule has 8 heteroatoms. The summed E-state index contributed by atoms with van der Waals surface area (Å²) in [6.07, 6.45) is 0.0858. The van der Waals surface area contributed by atoms with Crippen LogP contribution in [0.3, 0.4) is 0 Å². The summed E-state index contributed by atoms with van der Waals surface area (Å²) in [6.45, 7) is 3.91. The van der Waals surface area contributed by atoms with Gasteiger partial charge in [-0.25, -0.2) is 9.78 Å². The largest absolute Gasteiger partial charge is 0.326 e. The van der Waals surface area contributed by atoms with Crippen molar-refractivity contribution in [3.63, 3.8) is 0 Å². The molecule has 3 aromatic rings. The van der Waals surface area contributed by atoms with E-state index in [-0.39, 0.29) is 30.3 Å².